The normalized spacial score (nSPS) is 15.0. The highest BCUT2D eigenvalue weighted by Gasteiger charge is 2.21. The smallest absolute Gasteiger partial charge is 0.317 e. The van der Waals surface area contributed by atoms with Gasteiger partial charge in [0.2, 0.25) is 0 Å². The van der Waals surface area contributed by atoms with Crippen molar-refractivity contribution in [1.82, 2.24) is 20.3 Å². The Morgan fingerprint density at radius 3 is 2.60 bits per heavy atom. The average Bonchev–Trinajstić information content (AvgIpc) is 3.05. The number of hydrogen-bond donors (Lipinski definition) is 1. The lowest BCUT2D eigenvalue weighted by molar-refractivity contribution is 0.128. The Morgan fingerprint density at radius 2 is 2.00 bits per heavy atom. The number of nitrogens with zero attached hydrogens (tertiary/aromatic N) is 4. The van der Waals surface area contributed by atoms with Gasteiger partial charge in [-0.1, -0.05) is 17.3 Å². The Hall–Kier alpha value is -2.85. The molecule has 1 N–H and O–H groups in total. The first-order valence-electron chi connectivity index (χ1n) is 8.30. The maximum Gasteiger partial charge on any atom is 0.317 e. The Labute approximate surface area is 146 Å². The molecule has 1 aliphatic rings. The zero-order valence-corrected chi connectivity index (χ0v) is 14.2. The third-order valence-corrected chi connectivity index (χ3v) is 4.24. The second kappa shape index (κ2) is 7.81. The number of rotatable bonds is 4. The molecule has 0 saturated carbocycles. The van der Waals surface area contributed by atoms with Gasteiger partial charge in [0, 0.05) is 38.8 Å². The van der Waals surface area contributed by atoms with E-state index in [1.807, 2.05) is 30.0 Å². The lowest BCUT2D eigenvalue weighted by Gasteiger charge is -2.34. The third-order valence-electron chi connectivity index (χ3n) is 4.24. The molecule has 25 heavy (non-hydrogen) atoms. The average molecular weight is 339 g/mol. The van der Waals surface area contributed by atoms with E-state index in [2.05, 4.69) is 21.4 Å². The minimum absolute atomic E-state index is 0.0560. The molecule has 2 amide bonds. The van der Waals surface area contributed by atoms with Gasteiger partial charge in [-0.25, -0.2) is 4.79 Å². The van der Waals surface area contributed by atoms with Gasteiger partial charge in [0.25, 0.3) is 0 Å². The zero-order valence-electron chi connectivity index (χ0n) is 14.2. The van der Waals surface area contributed by atoms with Gasteiger partial charge in [-0.3, -0.25) is 4.90 Å². The van der Waals surface area contributed by atoms with E-state index < -0.39 is 0 Å². The van der Waals surface area contributed by atoms with Crippen LogP contribution >= 0.6 is 0 Å². The number of urea groups is 1. The summed E-state index contributed by atoms with van der Waals surface area (Å²) >= 11 is 0. The number of nitriles is 1. The quantitative estimate of drug-likeness (QED) is 0.919. The summed E-state index contributed by atoms with van der Waals surface area (Å²) in [5.41, 5.74) is 2.48. The topological polar surface area (TPSA) is 85.4 Å². The third kappa shape index (κ3) is 4.58. The van der Waals surface area contributed by atoms with Gasteiger partial charge >= 0.3 is 6.03 Å². The van der Waals surface area contributed by atoms with Crippen LogP contribution < -0.4 is 5.32 Å². The molecule has 0 bridgehead atoms. The first kappa shape index (κ1) is 17.0. The molecular formula is C18H21N5O2. The molecule has 1 aliphatic heterocycles. The molecule has 0 atom stereocenters. The van der Waals surface area contributed by atoms with E-state index in [4.69, 9.17) is 9.78 Å². The molecule has 2 heterocycles. The van der Waals surface area contributed by atoms with Crippen molar-refractivity contribution in [2.75, 3.05) is 26.2 Å². The van der Waals surface area contributed by atoms with Crippen LogP contribution in [-0.2, 0) is 13.1 Å². The number of piperazine rings is 1. The van der Waals surface area contributed by atoms with Crippen molar-refractivity contribution in [3.05, 3.63) is 52.9 Å². The summed E-state index contributed by atoms with van der Waals surface area (Å²) in [6.45, 7) is 6.08. The molecule has 3 rings (SSSR count). The van der Waals surface area contributed by atoms with Gasteiger partial charge in [0.05, 0.1) is 23.9 Å². The molecule has 1 fully saturated rings. The standard InChI is InChI=1S/C18H21N5O2/c1-14-10-17(25-21-14)13-22-6-8-23(9-7-22)18(24)20-12-16-4-2-15(11-19)3-5-16/h2-5,10H,6-9,12-13H2,1H3,(H,20,24). The van der Waals surface area contributed by atoms with Crippen molar-refractivity contribution in [2.45, 2.75) is 20.0 Å². The Kier molecular flexibility index (Phi) is 5.31. The molecule has 7 heteroatoms. The fourth-order valence-electron chi connectivity index (χ4n) is 2.81. The van der Waals surface area contributed by atoms with E-state index in [0.717, 1.165) is 36.7 Å². The molecule has 1 aromatic heterocycles. The maximum absolute atomic E-state index is 12.3. The van der Waals surface area contributed by atoms with Gasteiger partial charge in [-0.05, 0) is 24.6 Å². The lowest BCUT2D eigenvalue weighted by Crippen LogP contribution is -2.51. The van der Waals surface area contributed by atoms with Gasteiger partial charge in [0.1, 0.15) is 0 Å². The molecule has 0 unspecified atom stereocenters. The fourth-order valence-corrected chi connectivity index (χ4v) is 2.81. The predicted octanol–water partition coefficient (Wildman–Crippen LogP) is 1.88. The minimum Gasteiger partial charge on any atom is -0.360 e. The van der Waals surface area contributed by atoms with Crippen molar-refractivity contribution in [1.29, 1.82) is 5.26 Å². The second-order valence-corrected chi connectivity index (χ2v) is 6.17. The van der Waals surface area contributed by atoms with Gasteiger partial charge < -0.3 is 14.7 Å². The van der Waals surface area contributed by atoms with E-state index in [0.29, 0.717) is 25.2 Å². The monoisotopic (exact) mass is 339 g/mol. The van der Waals surface area contributed by atoms with Gasteiger partial charge in [0.15, 0.2) is 5.76 Å². The van der Waals surface area contributed by atoms with Crippen LogP contribution in [0.25, 0.3) is 0 Å². The van der Waals surface area contributed by atoms with E-state index in [9.17, 15) is 4.79 Å². The largest absolute Gasteiger partial charge is 0.360 e. The van der Waals surface area contributed by atoms with E-state index in [1.165, 1.54) is 0 Å². The first-order chi connectivity index (χ1) is 12.1. The van der Waals surface area contributed by atoms with Crippen molar-refractivity contribution in [3.8, 4) is 6.07 Å². The number of aryl methyl sites for hydroxylation is 1. The molecule has 0 radical (unpaired) electrons. The molecule has 1 saturated heterocycles. The van der Waals surface area contributed by atoms with Crippen LogP contribution in [0.5, 0.6) is 0 Å². The van der Waals surface area contributed by atoms with Gasteiger partial charge in [-0.2, -0.15) is 5.26 Å². The molecule has 2 aromatic rings. The van der Waals surface area contributed by atoms with Crippen LogP contribution in [0, 0.1) is 18.3 Å². The van der Waals surface area contributed by atoms with Crippen molar-refractivity contribution < 1.29 is 9.32 Å². The Morgan fingerprint density at radius 1 is 1.28 bits per heavy atom. The summed E-state index contributed by atoms with van der Waals surface area (Å²) in [7, 11) is 0. The summed E-state index contributed by atoms with van der Waals surface area (Å²) in [5.74, 6) is 0.858. The van der Waals surface area contributed by atoms with E-state index >= 15 is 0 Å². The Balaban J connectivity index is 1.42. The summed E-state index contributed by atoms with van der Waals surface area (Å²) in [6, 6.07) is 11.2. The molecule has 0 spiro atoms. The molecular weight excluding hydrogens is 318 g/mol. The van der Waals surface area contributed by atoms with Crippen LogP contribution in [-0.4, -0.2) is 47.2 Å². The Bertz CT molecular complexity index is 755. The van der Waals surface area contributed by atoms with Crippen LogP contribution in [0.4, 0.5) is 4.79 Å². The summed E-state index contributed by atoms with van der Waals surface area (Å²) in [5, 5.41) is 15.6. The molecule has 1 aromatic carbocycles. The van der Waals surface area contributed by atoms with Gasteiger partial charge in [-0.15, -0.1) is 0 Å². The molecule has 7 nitrogen and oxygen atoms in total. The van der Waals surface area contributed by atoms with E-state index in [1.54, 1.807) is 12.1 Å². The van der Waals surface area contributed by atoms with Crippen LogP contribution in [0.2, 0.25) is 0 Å². The summed E-state index contributed by atoms with van der Waals surface area (Å²) < 4.78 is 5.24. The zero-order chi connectivity index (χ0) is 17.6. The van der Waals surface area contributed by atoms with Crippen LogP contribution in [0.15, 0.2) is 34.9 Å². The second-order valence-electron chi connectivity index (χ2n) is 6.17. The lowest BCUT2D eigenvalue weighted by atomic mass is 10.1. The number of benzene rings is 1. The van der Waals surface area contributed by atoms with Crippen LogP contribution in [0.1, 0.15) is 22.6 Å². The SMILES string of the molecule is Cc1cc(CN2CCN(C(=O)NCc3ccc(C#N)cc3)CC2)on1. The van der Waals surface area contributed by atoms with E-state index in [-0.39, 0.29) is 6.03 Å². The minimum atomic E-state index is -0.0560. The fraction of sp³-hybridized carbons (Fsp3) is 0.389. The van der Waals surface area contributed by atoms with Crippen LogP contribution in [0.3, 0.4) is 0 Å². The number of carbonyl (C=O) groups is 1. The number of carbonyl (C=O) groups excluding carboxylic acids is 1. The molecule has 0 aliphatic carbocycles. The number of amides is 2. The highest BCUT2D eigenvalue weighted by molar-refractivity contribution is 5.74. The van der Waals surface area contributed by atoms with Crippen molar-refractivity contribution >= 4 is 6.03 Å². The summed E-state index contributed by atoms with van der Waals surface area (Å²) in [4.78, 5) is 16.4. The highest BCUT2D eigenvalue weighted by atomic mass is 16.5. The number of hydrogen-bond acceptors (Lipinski definition) is 5. The number of aromatic nitrogens is 1. The highest BCUT2D eigenvalue weighted by Crippen LogP contribution is 2.10. The number of nitrogens with one attached hydrogen (secondary N) is 1. The maximum atomic E-state index is 12.3. The summed E-state index contributed by atoms with van der Waals surface area (Å²) in [6.07, 6.45) is 0. The molecule has 130 valence electrons. The predicted molar refractivity (Wildman–Crippen MR) is 91.5 cm³/mol. The van der Waals surface area contributed by atoms with Crippen molar-refractivity contribution in [3.63, 3.8) is 0 Å². The first-order valence-corrected chi connectivity index (χ1v) is 8.30. The van der Waals surface area contributed by atoms with Crippen molar-refractivity contribution in [2.24, 2.45) is 0 Å².